The van der Waals surface area contributed by atoms with Gasteiger partial charge in [-0.15, -0.1) is 0 Å². The first-order valence-electron chi connectivity index (χ1n) is 6.56. The lowest BCUT2D eigenvalue weighted by atomic mass is 9.96. The number of benzene rings is 1. The summed E-state index contributed by atoms with van der Waals surface area (Å²) in [5.41, 5.74) is 0.697. The van der Waals surface area contributed by atoms with E-state index in [1.54, 1.807) is 0 Å². The van der Waals surface area contributed by atoms with Crippen molar-refractivity contribution in [2.24, 2.45) is 5.92 Å². The van der Waals surface area contributed by atoms with E-state index in [0.29, 0.717) is 12.5 Å². The second kappa shape index (κ2) is 5.41. The van der Waals surface area contributed by atoms with E-state index in [9.17, 15) is 5.26 Å². The van der Waals surface area contributed by atoms with Crippen molar-refractivity contribution in [3.63, 3.8) is 0 Å². The van der Waals surface area contributed by atoms with Crippen molar-refractivity contribution in [3.8, 4) is 11.8 Å². The largest absolute Gasteiger partial charge is 0.491 e. The molecular formula is C15H20N2O. The minimum Gasteiger partial charge on any atom is -0.491 e. The molecule has 0 aromatic heterocycles. The lowest BCUT2D eigenvalue weighted by molar-refractivity contribution is 0.204. The lowest BCUT2D eigenvalue weighted by Gasteiger charge is -2.27. The van der Waals surface area contributed by atoms with E-state index in [-0.39, 0.29) is 0 Å². The van der Waals surface area contributed by atoms with Crippen LogP contribution in [-0.4, -0.2) is 18.7 Å². The molecule has 1 saturated carbocycles. The molecule has 0 saturated heterocycles. The van der Waals surface area contributed by atoms with Crippen molar-refractivity contribution >= 4 is 0 Å². The first kappa shape index (κ1) is 12.9. The number of nitrogens with one attached hydrogen (secondary N) is 1. The van der Waals surface area contributed by atoms with Crippen LogP contribution in [0.4, 0.5) is 0 Å². The summed E-state index contributed by atoms with van der Waals surface area (Å²) in [6, 6.07) is 10.4. The first-order valence-corrected chi connectivity index (χ1v) is 6.56. The maximum absolute atomic E-state index is 9.45. The van der Waals surface area contributed by atoms with Crippen LogP contribution in [0.15, 0.2) is 24.3 Å². The normalized spacial score (nSPS) is 17.8. The molecule has 0 amide bonds. The molecule has 1 fully saturated rings. The van der Waals surface area contributed by atoms with Gasteiger partial charge in [0.05, 0.1) is 6.07 Å². The SMILES string of the molecule is CCNC(C#N)(COc1ccc(C)cc1)C1CC1. The minimum absolute atomic E-state index is 0.422. The third-order valence-electron chi connectivity index (χ3n) is 3.45. The fourth-order valence-electron chi connectivity index (χ4n) is 2.20. The van der Waals surface area contributed by atoms with Crippen LogP contribution in [0.5, 0.6) is 5.75 Å². The highest BCUT2D eigenvalue weighted by atomic mass is 16.5. The predicted octanol–water partition coefficient (Wildman–Crippen LogP) is 2.66. The standard InChI is InChI=1S/C15H20N2O/c1-3-17-15(10-16,13-6-7-13)11-18-14-8-4-12(2)5-9-14/h4-5,8-9,13,17H,3,6-7,11H2,1-2H3. The summed E-state index contributed by atoms with van der Waals surface area (Å²) in [6.45, 7) is 5.29. The monoisotopic (exact) mass is 244 g/mol. The molecule has 1 N–H and O–H groups in total. The summed E-state index contributed by atoms with van der Waals surface area (Å²) in [7, 11) is 0. The van der Waals surface area contributed by atoms with Crippen molar-refractivity contribution in [1.29, 1.82) is 5.26 Å². The fourth-order valence-corrected chi connectivity index (χ4v) is 2.20. The van der Waals surface area contributed by atoms with Crippen LogP contribution in [0.25, 0.3) is 0 Å². The molecule has 1 aromatic rings. The highest BCUT2D eigenvalue weighted by molar-refractivity contribution is 5.27. The third-order valence-corrected chi connectivity index (χ3v) is 3.45. The van der Waals surface area contributed by atoms with Crippen LogP contribution in [0.2, 0.25) is 0 Å². The Morgan fingerprint density at radius 3 is 2.56 bits per heavy atom. The maximum Gasteiger partial charge on any atom is 0.143 e. The number of nitriles is 1. The number of hydrogen-bond donors (Lipinski definition) is 1. The fraction of sp³-hybridized carbons (Fsp3) is 0.533. The summed E-state index contributed by atoms with van der Waals surface area (Å²) in [4.78, 5) is 0. The van der Waals surface area contributed by atoms with Gasteiger partial charge in [-0.05, 0) is 44.4 Å². The average molecular weight is 244 g/mol. The molecule has 1 aromatic carbocycles. The Morgan fingerprint density at radius 1 is 1.39 bits per heavy atom. The van der Waals surface area contributed by atoms with Crippen molar-refractivity contribution in [2.45, 2.75) is 32.2 Å². The molecule has 18 heavy (non-hydrogen) atoms. The van der Waals surface area contributed by atoms with Crippen LogP contribution < -0.4 is 10.1 Å². The first-order chi connectivity index (χ1) is 8.70. The topological polar surface area (TPSA) is 45.0 Å². The van der Waals surface area contributed by atoms with Gasteiger partial charge in [0.1, 0.15) is 17.9 Å². The molecule has 3 heteroatoms. The Morgan fingerprint density at radius 2 is 2.06 bits per heavy atom. The van der Waals surface area contributed by atoms with Crippen LogP contribution in [0.1, 0.15) is 25.3 Å². The Bertz CT molecular complexity index is 431. The Balaban J connectivity index is 2.01. The van der Waals surface area contributed by atoms with Crippen molar-refractivity contribution in [2.75, 3.05) is 13.2 Å². The number of rotatable bonds is 6. The molecule has 0 heterocycles. The summed E-state index contributed by atoms with van der Waals surface area (Å²) in [6.07, 6.45) is 2.25. The zero-order valence-electron chi connectivity index (χ0n) is 11.1. The molecule has 96 valence electrons. The molecule has 2 rings (SSSR count). The maximum atomic E-state index is 9.45. The number of nitrogens with zero attached hydrogens (tertiary/aromatic N) is 1. The molecule has 1 atom stereocenters. The molecular weight excluding hydrogens is 224 g/mol. The Labute approximate surface area is 109 Å². The van der Waals surface area contributed by atoms with E-state index in [2.05, 4.69) is 11.4 Å². The van der Waals surface area contributed by atoms with E-state index < -0.39 is 5.54 Å². The van der Waals surface area contributed by atoms with Crippen LogP contribution in [-0.2, 0) is 0 Å². The van der Waals surface area contributed by atoms with E-state index in [1.165, 1.54) is 5.56 Å². The molecule has 0 bridgehead atoms. The smallest absolute Gasteiger partial charge is 0.143 e. The van der Waals surface area contributed by atoms with E-state index in [0.717, 1.165) is 25.1 Å². The van der Waals surface area contributed by atoms with Gasteiger partial charge in [-0.3, -0.25) is 5.32 Å². The summed E-state index contributed by atoms with van der Waals surface area (Å²) in [5, 5.41) is 12.8. The van der Waals surface area contributed by atoms with Gasteiger partial charge in [0.2, 0.25) is 0 Å². The second-order valence-corrected chi connectivity index (χ2v) is 4.99. The van der Waals surface area contributed by atoms with E-state index in [1.807, 2.05) is 38.1 Å². The van der Waals surface area contributed by atoms with Gasteiger partial charge < -0.3 is 4.74 Å². The van der Waals surface area contributed by atoms with Gasteiger partial charge in [0.15, 0.2) is 0 Å². The van der Waals surface area contributed by atoms with Gasteiger partial charge in [-0.25, -0.2) is 0 Å². The van der Waals surface area contributed by atoms with Gasteiger partial charge in [0, 0.05) is 0 Å². The number of hydrogen-bond acceptors (Lipinski definition) is 3. The molecule has 0 spiro atoms. The minimum atomic E-state index is -0.514. The van der Waals surface area contributed by atoms with Crippen LogP contribution in [0.3, 0.4) is 0 Å². The van der Waals surface area contributed by atoms with E-state index >= 15 is 0 Å². The predicted molar refractivity (Wildman–Crippen MR) is 71.4 cm³/mol. The molecule has 0 radical (unpaired) electrons. The zero-order valence-corrected chi connectivity index (χ0v) is 11.1. The average Bonchev–Trinajstić information content (AvgIpc) is 3.21. The summed E-state index contributed by atoms with van der Waals surface area (Å²) in [5.74, 6) is 1.27. The van der Waals surface area contributed by atoms with Crippen LogP contribution in [0, 0.1) is 24.2 Å². The van der Waals surface area contributed by atoms with Gasteiger partial charge in [-0.1, -0.05) is 24.6 Å². The van der Waals surface area contributed by atoms with Gasteiger partial charge in [-0.2, -0.15) is 5.26 Å². The van der Waals surface area contributed by atoms with Crippen molar-refractivity contribution in [3.05, 3.63) is 29.8 Å². The number of aryl methyl sites for hydroxylation is 1. The zero-order chi connectivity index (χ0) is 13.0. The number of likely N-dealkylation sites (N-methyl/N-ethyl adjacent to an activating group) is 1. The Kier molecular flexibility index (Phi) is 3.88. The van der Waals surface area contributed by atoms with Crippen molar-refractivity contribution in [1.82, 2.24) is 5.32 Å². The van der Waals surface area contributed by atoms with Crippen molar-refractivity contribution < 1.29 is 4.74 Å². The van der Waals surface area contributed by atoms with E-state index in [4.69, 9.17) is 4.74 Å². The molecule has 1 aliphatic carbocycles. The van der Waals surface area contributed by atoms with Gasteiger partial charge >= 0.3 is 0 Å². The molecule has 3 nitrogen and oxygen atoms in total. The van der Waals surface area contributed by atoms with Gasteiger partial charge in [0.25, 0.3) is 0 Å². The van der Waals surface area contributed by atoms with Crippen LogP contribution >= 0.6 is 0 Å². The third kappa shape index (κ3) is 2.83. The highest BCUT2D eigenvalue weighted by Crippen LogP contribution is 2.39. The molecule has 0 aliphatic heterocycles. The quantitative estimate of drug-likeness (QED) is 0.836. The molecule has 1 aliphatic rings. The summed E-state index contributed by atoms with van der Waals surface area (Å²) < 4.78 is 5.79. The second-order valence-electron chi connectivity index (χ2n) is 4.99. The Hall–Kier alpha value is -1.53. The number of ether oxygens (including phenoxy) is 1. The molecule has 1 unspecified atom stereocenters. The lowest BCUT2D eigenvalue weighted by Crippen LogP contribution is -2.50. The summed E-state index contributed by atoms with van der Waals surface area (Å²) >= 11 is 0. The highest BCUT2D eigenvalue weighted by Gasteiger charge is 2.46.